The lowest BCUT2D eigenvalue weighted by Crippen LogP contribution is -2.49. The number of rotatable bonds is 6. The van der Waals surface area contributed by atoms with Crippen molar-refractivity contribution < 1.29 is 13.2 Å². The zero-order valence-corrected chi connectivity index (χ0v) is 12.9. The Kier molecular flexibility index (Phi) is 6.22. The van der Waals surface area contributed by atoms with Crippen molar-refractivity contribution >= 4 is 16.1 Å². The van der Waals surface area contributed by atoms with E-state index in [1.807, 2.05) is 13.8 Å². The van der Waals surface area contributed by atoms with Gasteiger partial charge in [0.2, 0.25) is 5.91 Å². The van der Waals surface area contributed by atoms with Crippen LogP contribution >= 0.6 is 0 Å². The summed E-state index contributed by atoms with van der Waals surface area (Å²) in [6.45, 7) is 6.79. The van der Waals surface area contributed by atoms with Gasteiger partial charge in [-0.1, -0.05) is 13.3 Å². The van der Waals surface area contributed by atoms with Crippen LogP contribution in [0.5, 0.6) is 0 Å². The summed E-state index contributed by atoms with van der Waals surface area (Å²) in [5, 5.41) is 2.72. The Morgan fingerprint density at radius 2 is 1.84 bits per heavy atom. The van der Waals surface area contributed by atoms with Crippen molar-refractivity contribution in [3.63, 3.8) is 0 Å². The maximum absolute atomic E-state index is 12.4. The molecule has 0 bridgehead atoms. The molecule has 0 aromatic heterocycles. The van der Waals surface area contributed by atoms with Crippen molar-refractivity contribution in [3.05, 3.63) is 0 Å². The van der Waals surface area contributed by atoms with Gasteiger partial charge in [0, 0.05) is 25.7 Å². The largest absolute Gasteiger partial charge is 0.353 e. The van der Waals surface area contributed by atoms with Gasteiger partial charge < -0.3 is 5.32 Å². The fraction of sp³-hybridized carbons (Fsp3) is 0.917. The van der Waals surface area contributed by atoms with Gasteiger partial charge in [-0.25, -0.2) is 0 Å². The summed E-state index contributed by atoms with van der Waals surface area (Å²) < 4.78 is 27.6. The highest BCUT2D eigenvalue weighted by Gasteiger charge is 2.30. The second-order valence-corrected chi connectivity index (χ2v) is 7.04. The molecule has 1 rings (SSSR count). The first kappa shape index (κ1) is 16.4. The molecule has 1 fully saturated rings. The summed E-state index contributed by atoms with van der Waals surface area (Å²) in [5.74, 6) is -0.252. The van der Waals surface area contributed by atoms with Gasteiger partial charge in [0.15, 0.2) is 0 Å². The monoisotopic (exact) mass is 291 g/mol. The molecule has 1 saturated heterocycles. The lowest BCUT2D eigenvalue weighted by Gasteiger charge is -2.31. The van der Waals surface area contributed by atoms with Crippen molar-refractivity contribution in [2.75, 3.05) is 26.2 Å². The third-order valence-corrected chi connectivity index (χ3v) is 5.15. The number of nitrogens with one attached hydrogen (secondary N) is 1. The highest BCUT2D eigenvalue weighted by Crippen LogP contribution is 2.16. The van der Waals surface area contributed by atoms with Gasteiger partial charge in [0.1, 0.15) is 0 Å². The van der Waals surface area contributed by atoms with Crippen molar-refractivity contribution in [3.8, 4) is 0 Å². The van der Waals surface area contributed by atoms with Crippen LogP contribution in [-0.4, -0.2) is 55.2 Å². The third-order valence-electron chi connectivity index (χ3n) is 3.09. The van der Waals surface area contributed by atoms with Crippen LogP contribution in [0.4, 0.5) is 0 Å². The first-order valence-electron chi connectivity index (χ1n) is 6.92. The van der Waals surface area contributed by atoms with Crippen LogP contribution in [0.2, 0.25) is 0 Å². The van der Waals surface area contributed by atoms with Crippen molar-refractivity contribution in [2.24, 2.45) is 0 Å². The SMILES string of the molecule is CCN(CC(=O)NC(C)C)S(=O)(=O)N1CCCCC1. The molecule has 0 radical (unpaired) electrons. The van der Waals surface area contributed by atoms with Crippen LogP contribution in [-0.2, 0) is 15.0 Å². The summed E-state index contributed by atoms with van der Waals surface area (Å²) >= 11 is 0. The van der Waals surface area contributed by atoms with Crippen LogP contribution in [0, 0.1) is 0 Å². The first-order chi connectivity index (χ1) is 8.87. The molecule has 0 saturated carbocycles. The number of hydrogen-bond donors (Lipinski definition) is 1. The van der Waals surface area contributed by atoms with Gasteiger partial charge in [-0.3, -0.25) is 4.79 Å². The molecule has 112 valence electrons. The quantitative estimate of drug-likeness (QED) is 0.777. The van der Waals surface area contributed by atoms with Gasteiger partial charge >= 0.3 is 0 Å². The molecule has 0 unspecified atom stereocenters. The average molecular weight is 291 g/mol. The molecule has 1 amide bonds. The van der Waals surface area contributed by atoms with Gasteiger partial charge in [-0.05, 0) is 26.7 Å². The standard InChI is InChI=1S/C12H25N3O3S/c1-4-14(10-12(16)13-11(2)3)19(17,18)15-8-6-5-7-9-15/h11H,4-10H2,1-3H3,(H,13,16). The zero-order chi connectivity index (χ0) is 14.5. The summed E-state index contributed by atoms with van der Waals surface area (Å²) in [6.07, 6.45) is 2.87. The molecule has 19 heavy (non-hydrogen) atoms. The van der Waals surface area contributed by atoms with Gasteiger partial charge in [-0.2, -0.15) is 17.0 Å². The zero-order valence-electron chi connectivity index (χ0n) is 12.1. The Bertz CT molecular complexity index is 389. The van der Waals surface area contributed by atoms with Crippen molar-refractivity contribution in [2.45, 2.75) is 46.1 Å². The van der Waals surface area contributed by atoms with E-state index < -0.39 is 10.2 Å². The summed E-state index contributed by atoms with van der Waals surface area (Å²) in [5.41, 5.74) is 0. The smallest absolute Gasteiger partial charge is 0.282 e. The van der Waals surface area contributed by atoms with Gasteiger partial charge in [0.25, 0.3) is 10.2 Å². The van der Waals surface area contributed by atoms with Crippen LogP contribution < -0.4 is 5.32 Å². The number of amides is 1. The number of nitrogens with zero attached hydrogens (tertiary/aromatic N) is 2. The molecule has 0 aromatic carbocycles. The maximum Gasteiger partial charge on any atom is 0.282 e. The molecule has 1 aliphatic rings. The van der Waals surface area contributed by atoms with Crippen molar-refractivity contribution in [1.82, 2.24) is 13.9 Å². The van der Waals surface area contributed by atoms with E-state index in [2.05, 4.69) is 5.32 Å². The van der Waals surface area contributed by atoms with Gasteiger partial charge in [-0.15, -0.1) is 0 Å². The Hall–Kier alpha value is -0.660. The Morgan fingerprint density at radius 1 is 1.26 bits per heavy atom. The van der Waals surface area contributed by atoms with E-state index in [0.717, 1.165) is 19.3 Å². The second kappa shape index (κ2) is 7.21. The minimum Gasteiger partial charge on any atom is -0.353 e. The van der Waals surface area contributed by atoms with Crippen molar-refractivity contribution in [1.29, 1.82) is 0 Å². The van der Waals surface area contributed by atoms with Crippen LogP contribution in [0.15, 0.2) is 0 Å². The molecule has 0 spiro atoms. The van der Waals surface area contributed by atoms with E-state index in [0.29, 0.717) is 19.6 Å². The van der Waals surface area contributed by atoms with Crippen LogP contribution in [0.3, 0.4) is 0 Å². The van der Waals surface area contributed by atoms with E-state index in [9.17, 15) is 13.2 Å². The average Bonchev–Trinajstić information content (AvgIpc) is 2.36. The van der Waals surface area contributed by atoms with Gasteiger partial charge in [0.05, 0.1) is 6.54 Å². The third kappa shape index (κ3) is 4.74. The number of hydrogen-bond acceptors (Lipinski definition) is 3. The molecule has 6 nitrogen and oxygen atoms in total. The molecule has 1 heterocycles. The predicted octanol–water partition coefficient (Wildman–Crippen LogP) is 0.564. The van der Waals surface area contributed by atoms with E-state index in [1.54, 1.807) is 6.92 Å². The number of likely N-dealkylation sites (N-methyl/N-ethyl adjacent to an activating group) is 1. The summed E-state index contributed by atoms with van der Waals surface area (Å²) in [7, 11) is -3.50. The molecular formula is C12H25N3O3S. The highest BCUT2D eigenvalue weighted by molar-refractivity contribution is 7.86. The van der Waals surface area contributed by atoms with Crippen LogP contribution in [0.25, 0.3) is 0 Å². The molecule has 1 aliphatic heterocycles. The number of piperidine rings is 1. The normalized spacial score (nSPS) is 17.9. The van der Waals surface area contributed by atoms with E-state index in [-0.39, 0.29) is 18.5 Å². The minimum absolute atomic E-state index is 0.0175. The highest BCUT2D eigenvalue weighted by atomic mass is 32.2. The molecule has 1 N–H and O–H groups in total. The number of carbonyl (C=O) groups is 1. The predicted molar refractivity (Wildman–Crippen MR) is 74.9 cm³/mol. The fourth-order valence-electron chi connectivity index (χ4n) is 2.14. The Labute approximate surface area is 116 Å². The minimum atomic E-state index is -3.50. The Morgan fingerprint density at radius 3 is 2.32 bits per heavy atom. The Balaban J connectivity index is 2.69. The maximum atomic E-state index is 12.4. The van der Waals surface area contributed by atoms with E-state index in [4.69, 9.17) is 0 Å². The lowest BCUT2D eigenvalue weighted by molar-refractivity contribution is -0.121. The summed E-state index contributed by atoms with van der Waals surface area (Å²) in [4.78, 5) is 11.7. The molecule has 0 atom stereocenters. The topological polar surface area (TPSA) is 69.7 Å². The second-order valence-electron chi connectivity index (χ2n) is 5.12. The van der Waals surface area contributed by atoms with Crippen LogP contribution in [0.1, 0.15) is 40.0 Å². The molecule has 7 heteroatoms. The number of carbonyl (C=O) groups excluding carboxylic acids is 1. The molecule has 0 aromatic rings. The molecular weight excluding hydrogens is 266 g/mol. The first-order valence-corrected chi connectivity index (χ1v) is 8.32. The van der Waals surface area contributed by atoms with E-state index >= 15 is 0 Å². The van der Waals surface area contributed by atoms with E-state index in [1.165, 1.54) is 8.61 Å². The summed E-state index contributed by atoms with van der Waals surface area (Å²) in [6, 6.07) is 0.0175. The fourth-order valence-corrected chi connectivity index (χ4v) is 3.80. The molecule has 0 aliphatic carbocycles. The lowest BCUT2D eigenvalue weighted by atomic mass is 10.2.